The van der Waals surface area contributed by atoms with E-state index < -0.39 is 0 Å². The summed E-state index contributed by atoms with van der Waals surface area (Å²) in [5.41, 5.74) is 1.08. The van der Waals surface area contributed by atoms with Gasteiger partial charge in [-0.05, 0) is 24.6 Å². The Labute approximate surface area is 154 Å². The minimum Gasteiger partial charge on any atom is -0.496 e. The molecule has 6 nitrogen and oxygen atoms in total. The molecule has 0 saturated heterocycles. The van der Waals surface area contributed by atoms with Crippen molar-refractivity contribution in [2.45, 2.75) is 19.8 Å². The maximum absolute atomic E-state index is 12.6. The van der Waals surface area contributed by atoms with E-state index in [1.807, 2.05) is 29.1 Å². The number of rotatable bonds is 6. The zero-order chi connectivity index (χ0) is 17.8. The second-order valence-electron chi connectivity index (χ2n) is 5.30. The van der Waals surface area contributed by atoms with Crippen LogP contribution in [-0.2, 0) is 6.42 Å². The van der Waals surface area contributed by atoms with Gasteiger partial charge in [-0.3, -0.25) is 10.1 Å². The van der Waals surface area contributed by atoms with Gasteiger partial charge in [0, 0.05) is 24.9 Å². The number of aryl methyl sites for hydroxylation is 1. The molecule has 0 aliphatic carbocycles. The van der Waals surface area contributed by atoms with Crippen molar-refractivity contribution in [3.8, 4) is 11.4 Å². The molecule has 0 spiro atoms. The molecule has 0 bridgehead atoms. The van der Waals surface area contributed by atoms with Gasteiger partial charge < -0.3 is 9.30 Å². The molecule has 0 saturated carbocycles. The van der Waals surface area contributed by atoms with Crippen molar-refractivity contribution in [2.75, 3.05) is 12.4 Å². The number of hydrogen-bond acceptors (Lipinski definition) is 5. The van der Waals surface area contributed by atoms with E-state index in [1.165, 1.54) is 18.4 Å². The maximum Gasteiger partial charge on any atom is 0.261 e. The van der Waals surface area contributed by atoms with Gasteiger partial charge in [-0.1, -0.05) is 29.9 Å². The summed E-state index contributed by atoms with van der Waals surface area (Å²) in [5.74, 6) is 0.0981. The molecule has 2 aromatic heterocycles. The molecular weight excluding hydrogens is 360 g/mol. The molecular formula is C17H17ClN4O2S. The normalized spacial score (nSPS) is 10.7. The van der Waals surface area contributed by atoms with Crippen molar-refractivity contribution in [3.63, 3.8) is 0 Å². The molecule has 0 fully saturated rings. The predicted molar refractivity (Wildman–Crippen MR) is 99.2 cm³/mol. The van der Waals surface area contributed by atoms with Crippen LogP contribution in [0.4, 0.5) is 5.13 Å². The summed E-state index contributed by atoms with van der Waals surface area (Å²) >= 11 is 7.73. The van der Waals surface area contributed by atoms with E-state index in [2.05, 4.69) is 22.4 Å². The summed E-state index contributed by atoms with van der Waals surface area (Å²) in [6, 6.07) is 7.12. The van der Waals surface area contributed by atoms with Gasteiger partial charge in [0.1, 0.15) is 10.8 Å². The second kappa shape index (κ2) is 7.67. The van der Waals surface area contributed by atoms with Crippen molar-refractivity contribution < 1.29 is 9.53 Å². The largest absolute Gasteiger partial charge is 0.496 e. The average molecular weight is 377 g/mol. The number of halogens is 1. The van der Waals surface area contributed by atoms with E-state index in [0.29, 0.717) is 21.5 Å². The summed E-state index contributed by atoms with van der Waals surface area (Å²) in [5, 5.41) is 12.6. The number of ether oxygens (including phenoxy) is 1. The molecule has 3 rings (SSSR count). The number of amides is 1. The fraction of sp³-hybridized carbons (Fsp3) is 0.235. The quantitative estimate of drug-likeness (QED) is 0.700. The Morgan fingerprint density at radius 2 is 2.08 bits per heavy atom. The van der Waals surface area contributed by atoms with Crippen LogP contribution in [0.25, 0.3) is 5.69 Å². The van der Waals surface area contributed by atoms with E-state index in [1.54, 1.807) is 12.1 Å². The lowest BCUT2D eigenvalue weighted by atomic mass is 10.1. The molecule has 8 heteroatoms. The topological polar surface area (TPSA) is 69.0 Å². The summed E-state index contributed by atoms with van der Waals surface area (Å²) < 4.78 is 7.23. The lowest BCUT2D eigenvalue weighted by Gasteiger charge is -2.13. The van der Waals surface area contributed by atoms with Crippen molar-refractivity contribution in [2.24, 2.45) is 0 Å². The Balaban J connectivity index is 1.87. The molecule has 3 aromatic rings. The van der Waals surface area contributed by atoms with Gasteiger partial charge in [0.25, 0.3) is 5.91 Å². The Kier molecular flexibility index (Phi) is 5.35. The van der Waals surface area contributed by atoms with Crippen molar-refractivity contribution >= 4 is 34.0 Å². The van der Waals surface area contributed by atoms with Crippen LogP contribution in [0.2, 0.25) is 5.02 Å². The third kappa shape index (κ3) is 3.83. The molecule has 1 N–H and O–H groups in total. The van der Waals surface area contributed by atoms with Crippen LogP contribution >= 0.6 is 22.9 Å². The van der Waals surface area contributed by atoms with Crippen LogP contribution in [0, 0.1) is 0 Å². The molecule has 0 unspecified atom stereocenters. The van der Waals surface area contributed by atoms with Crippen molar-refractivity contribution in [1.29, 1.82) is 0 Å². The van der Waals surface area contributed by atoms with E-state index in [9.17, 15) is 4.79 Å². The van der Waals surface area contributed by atoms with Crippen molar-refractivity contribution in [3.05, 3.63) is 52.3 Å². The highest BCUT2D eigenvalue weighted by molar-refractivity contribution is 7.15. The highest BCUT2D eigenvalue weighted by Gasteiger charge is 2.18. The van der Waals surface area contributed by atoms with Gasteiger partial charge in [0.15, 0.2) is 0 Å². The summed E-state index contributed by atoms with van der Waals surface area (Å²) in [7, 11) is 1.52. The third-order valence-electron chi connectivity index (χ3n) is 3.55. The zero-order valence-corrected chi connectivity index (χ0v) is 15.4. The fourth-order valence-corrected chi connectivity index (χ4v) is 3.46. The summed E-state index contributed by atoms with van der Waals surface area (Å²) in [4.78, 5) is 12.6. The van der Waals surface area contributed by atoms with Gasteiger partial charge in [0.2, 0.25) is 5.13 Å². The van der Waals surface area contributed by atoms with E-state index in [4.69, 9.17) is 16.3 Å². The number of anilines is 1. The Morgan fingerprint density at radius 1 is 1.32 bits per heavy atom. The number of carbonyl (C=O) groups is 1. The average Bonchev–Trinajstić information content (AvgIpc) is 3.27. The number of nitrogens with one attached hydrogen (secondary N) is 1. The molecule has 2 heterocycles. The molecule has 25 heavy (non-hydrogen) atoms. The van der Waals surface area contributed by atoms with Crippen LogP contribution in [0.5, 0.6) is 5.75 Å². The highest BCUT2D eigenvalue weighted by Crippen LogP contribution is 2.30. The van der Waals surface area contributed by atoms with Crippen LogP contribution in [-0.4, -0.2) is 27.8 Å². The van der Waals surface area contributed by atoms with Crippen LogP contribution < -0.4 is 10.1 Å². The summed E-state index contributed by atoms with van der Waals surface area (Å²) in [6.45, 7) is 2.07. The molecule has 1 amide bonds. The Hall–Kier alpha value is -2.38. The standard InChI is InChI=1S/C17H17ClN4O2S/c1-3-6-15-20-21-17(25-15)19-16(23)11-9-12(18)13(10-14(11)24-2)22-7-4-5-8-22/h4-5,7-10H,3,6H2,1-2H3,(H,19,21,23). The number of carbonyl (C=O) groups excluding carboxylic acids is 1. The first kappa shape index (κ1) is 17.4. The second-order valence-corrected chi connectivity index (χ2v) is 6.77. The first-order valence-electron chi connectivity index (χ1n) is 7.77. The van der Waals surface area contributed by atoms with Gasteiger partial charge in [-0.25, -0.2) is 0 Å². The Bertz CT molecular complexity index is 877. The van der Waals surface area contributed by atoms with Gasteiger partial charge in [-0.15, -0.1) is 10.2 Å². The molecule has 130 valence electrons. The lowest BCUT2D eigenvalue weighted by molar-refractivity contribution is 0.102. The third-order valence-corrected chi connectivity index (χ3v) is 4.75. The van der Waals surface area contributed by atoms with Crippen LogP contribution in [0.3, 0.4) is 0 Å². The SMILES string of the molecule is CCCc1nnc(NC(=O)c2cc(Cl)c(-n3cccc3)cc2OC)s1. The molecule has 1 aromatic carbocycles. The predicted octanol–water partition coefficient (Wildman–Crippen LogP) is 4.20. The monoisotopic (exact) mass is 376 g/mol. The van der Waals surface area contributed by atoms with E-state index >= 15 is 0 Å². The minimum atomic E-state index is -0.336. The van der Waals surface area contributed by atoms with Gasteiger partial charge in [0.05, 0.1) is 23.4 Å². The van der Waals surface area contributed by atoms with Crippen LogP contribution in [0.1, 0.15) is 28.7 Å². The number of hydrogen-bond donors (Lipinski definition) is 1. The number of aromatic nitrogens is 3. The Morgan fingerprint density at radius 3 is 2.76 bits per heavy atom. The first-order chi connectivity index (χ1) is 12.1. The number of methoxy groups -OCH3 is 1. The van der Waals surface area contributed by atoms with Gasteiger partial charge in [-0.2, -0.15) is 0 Å². The maximum atomic E-state index is 12.6. The van der Waals surface area contributed by atoms with E-state index in [-0.39, 0.29) is 5.91 Å². The van der Waals surface area contributed by atoms with Gasteiger partial charge >= 0.3 is 0 Å². The first-order valence-corrected chi connectivity index (χ1v) is 8.96. The molecule has 0 aliphatic heterocycles. The smallest absolute Gasteiger partial charge is 0.261 e. The lowest BCUT2D eigenvalue weighted by Crippen LogP contribution is -2.13. The zero-order valence-electron chi connectivity index (χ0n) is 13.8. The summed E-state index contributed by atoms with van der Waals surface area (Å²) in [6.07, 6.45) is 5.56. The fourth-order valence-electron chi connectivity index (χ4n) is 2.37. The molecule has 0 atom stereocenters. The molecule has 0 aliphatic rings. The number of nitrogens with zero attached hydrogens (tertiary/aromatic N) is 3. The highest BCUT2D eigenvalue weighted by atomic mass is 35.5. The molecule has 0 radical (unpaired) electrons. The minimum absolute atomic E-state index is 0.336. The van der Waals surface area contributed by atoms with Crippen LogP contribution in [0.15, 0.2) is 36.7 Å². The number of benzene rings is 1. The van der Waals surface area contributed by atoms with Crippen molar-refractivity contribution in [1.82, 2.24) is 14.8 Å². The van der Waals surface area contributed by atoms with E-state index in [0.717, 1.165) is 23.5 Å².